The Morgan fingerprint density at radius 2 is 1.80 bits per heavy atom. The number of hydrogen-bond donors (Lipinski definition) is 2. The number of carbonyl (C=O) groups is 1. The average molecular weight is 489 g/mol. The van der Waals surface area contributed by atoms with Crippen LogP contribution in [0.1, 0.15) is 45.6 Å². The maximum Gasteiger partial charge on any atom is 0.337 e. The van der Waals surface area contributed by atoms with Gasteiger partial charge in [-0.2, -0.15) is 0 Å². The number of hydrogen-bond acceptors (Lipinski definition) is 5. The number of aromatic carboxylic acids is 1. The highest BCUT2D eigenvalue weighted by Crippen LogP contribution is 2.31. The normalized spacial score (nSPS) is 13.7. The zero-order valence-electron chi connectivity index (χ0n) is 19.7. The Labute approximate surface area is 207 Å². The van der Waals surface area contributed by atoms with Crippen molar-refractivity contribution in [3.63, 3.8) is 0 Å². The standard InChI is InChI=1S/C27H25ClN4O3/c1-15-10-20(16(2)29-23-9-8-19(28)12-21(23)26(34)35)24-22(11-15)25(33)31(3)27(30-24)32-13-17-6-4-5-7-18(17)14-32/h4-12,16,29H,13-14H2,1-3H3,(H,34,35). The van der Waals surface area contributed by atoms with E-state index in [9.17, 15) is 14.7 Å². The molecule has 8 heteroatoms. The summed E-state index contributed by atoms with van der Waals surface area (Å²) in [4.78, 5) is 32.3. The van der Waals surface area contributed by atoms with E-state index in [4.69, 9.17) is 16.6 Å². The van der Waals surface area contributed by atoms with Crippen LogP contribution in [0.15, 0.2) is 59.4 Å². The Kier molecular flexibility index (Phi) is 5.73. The zero-order chi connectivity index (χ0) is 24.9. The highest BCUT2D eigenvalue weighted by Gasteiger charge is 2.24. The second kappa shape index (κ2) is 8.74. The molecule has 2 heterocycles. The molecule has 0 saturated carbocycles. The summed E-state index contributed by atoms with van der Waals surface area (Å²) in [6.45, 7) is 5.23. The Morgan fingerprint density at radius 1 is 1.11 bits per heavy atom. The number of aryl methyl sites for hydroxylation is 1. The minimum absolute atomic E-state index is 0.0840. The molecular formula is C27H25ClN4O3. The number of benzene rings is 3. The van der Waals surface area contributed by atoms with E-state index in [0.29, 0.717) is 40.7 Å². The molecule has 0 bridgehead atoms. The molecule has 4 aromatic rings. The molecule has 0 aliphatic carbocycles. The topological polar surface area (TPSA) is 87.5 Å². The van der Waals surface area contributed by atoms with E-state index in [1.165, 1.54) is 17.2 Å². The summed E-state index contributed by atoms with van der Waals surface area (Å²) in [6.07, 6.45) is 0. The number of rotatable bonds is 5. The third-order valence-electron chi connectivity index (χ3n) is 6.50. The van der Waals surface area contributed by atoms with Crippen LogP contribution >= 0.6 is 11.6 Å². The van der Waals surface area contributed by atoms with E-state index in [1.54, 1.807) is 23.7 Å². The van der Waals surface area contributed by atoms with E-state index >= 15 is 0 Å². The molecule has 178 valence electrons. The van der Waals surface area contributed by atoms with E-state index in [0.717, 1.165) is 11.1 Å². The minimum atomic E-state index is -1.07. The van der Waals surface area contributed by atoms with Gasteiger partial charge >= 0.3 is 5.97 Å². The van der Waals surface area contributed by atoms with Gasteiger partial charge in [0, 0.05) is 36.4 Å². The molecule has 1 aliphatic heterocycles. The Balaban J connectivity index is 1.60. The predicted octanol–water partition coefficient (Wildman–Crippen LogP) is 5.29. The number of fused-ring (bicyclic) bond motifs is 2. The first-order valence-electron chi connectivity index (χ1n) is 11.4. The molecule has 0 radical (unpaired) electrons. The van der Waals surface area contributed by atoms with Crippen molar-refractivity contribution in [3.8, 4) is 0 Å². The molecule has 35 heavy (non-hydrogen) atoms. The van der Waals surface area contributed by atoms with Gasteiger partial charge in [0.2, 0.25) is 5.95 Å². The summed E-state index contributed by atoms with van der Waals surface area (Å²) < 4.78 is 1.61. The van der Waals surface area contributed by atoms with Gasteiger partial charge in [0.15, 0.2) is 0 Å². The lowest BCUT2D eigenvalue weighted by atomic mass is 10.0. The van der Waals surface area contributed by atoms with Crippen LogP contribution in [0.3, 0.4) is 0 Å². The molecule has 0 amide bonds. The fourth-order valence-corrected chi connectivity index (χ4v) is 4.93. The lowest BCUT2D eigenvalue weighted by molar-refractivity contribution is 0.0698. The van der Waals surface area contributed by atoms with Crippen molar-refractivity contribution < 1.29 is 9.90 Å². The molecule has 7 nitrogen and oxygen atoms in total. The van der Waals surface area contributed by atoms with E-state index in [2.05, 4.69) is 22.3 Å². The maximum absolute atomic E-state index is 13.4. The van der Waals surface area contributed by atoms with Gasteiger partial charge in [-0.25, -0.2) is 9.78 Å². The number of nitrogens with one attached hydrogen (secondary N) is 1. The first-order valence-corrected chi connectivity index (χ1v) is 11.7. The third-order valence-corrected chi connectivity index (χ3v) is 6.74. The SMILES string of the molecule is Cc1cc(C(C)Nc2ccc(Cl)cc2C(=O)O)c2nc(N3Cc4ccccc4C3)n(C)c(=O)c2c1. The highest BCUT2D eigenvalue weighted by atomic mass is 35.5. The van der Waals surface area contributed by atoms with Crippen LogP contribution in [0.4, 0.5) is 11.6 Å². The van der Waals surface area contributed by atoms with Crippen molar-refractivity contribution in [3.05, 3.63) is 97.8 Å². The summed E-state index contributed by atoms with van der Waals surface area (Å²) in [5.41, 5.74) is 5.22. The lowest BCUT2D eigenvalue weighted by Gasteiger charge is -2.23. The summed E-state index contributed by atoms with van der Waals surface area (Å²) in [7, 11) is 1.75. The van der Waals surface area contributed by atoms with E-state index in [-0.39, 0.29) is 17.2 Å². The molecule has 1 aromatic heterocycles. The first kappa shape index (κ1) is 22.9. The largest absolute Gasteiger partial charge is 0.478 e. The molecule has 0 spiro atoms. The van der Waals surface area contributed by atoms with Crippen LogP contribution < -0.4 is 15.8 Å². The van der Waals surface area contributed by atoms with Gasteiger partial charge in [-0.05, 0) is 54.8 Å². The first-order chi connectivity index (χ1) is 16.7. The fourth-order valence-electron chi connectivity index (χ4n) is 4.76. The summed E-state index contributed by atoms with van der Waals surface area (Å²) >= 11 is 6.02. The van der Waals surface area contributed by atoms with Crippen molar-refractivity contribution in [2.75, 3.05) is 10.2 Å². The van der Waals surface area contributed by atoms with Crippen LogP contribution in [0.5, 0.6) is 0 Å². The number of halogens is 1. The highest BCUT2D eigenvalue weighted by molar-refractivity contribution is 6.31. The molecule has 0 fully saturated rings. The molecule has 1 aliphatic rings. The summed E-state index contributed by atoms with van der Waals surface area (Å²) in [6, 6.07) is 16.5. The number of carboxylic acid groups (broad SMARTS) is 1. The van der Waals surface area contributed by atoms with Gasteiger partial charge in [-0.15, -0.1) is 0 Å². The molecular weight excluding hydrogens is 464 g/mol. The maximum atomic E-state index is 13.4. The predicted molar refractivity (Wildman–Crippen MR) is 138 cm³/mol. The van der Waals surface area contributed by atoms with Crippen LogP contribution in [0.25, 0.3) is 10.9 Å². The third kappa shape index (κ3) is 4.12. The Hall–Kier alpha value is -3.84. The van der Waals surface area contributed by atoms with Crippen molar-refractivity contribution in [1.29, 1.82) is 0 Å². The van der Waals surface area contributed by atoms with Crippen LogP contribution in [0, 0.1) is 6.92 Å². The number of carboxylic acids is 1. The Bertz CT molecular complexity index is 1520. The number of anilines is 2. The smallest absolute Gasteiger partial charge is 0.337 e. The molecule has 2 N–H and O–H groups in total. The fraction of sp³-hybridized carbons (Fsp3) is 0.222. The number of nitrogens with zero attached hydrogens (tertiary/aromatic N) is 3. The van der Waals surface area contributed by atoms with Crippen molar-refractivity contribution in [1.82, 2.24) is 9.55 Å². The van der Waals surface area contributed by atoms with Gasteiger partial charge in [0.25, 0.3) is 5.56 Å². The average Bonchev–Trinajstić information content (AvgIpc) is 3.26. The molecule has 3 aromatic carbocycles. The van der Waals surface area contributed by atoms with Gasteiger partial charge < -0.3 is 15.3 Å². The second-order valence-electron chi connectivity index (χ2n) is 9.01. The molecule has 0 saturated heterocycles. The van der Waals surface area contributed by atoms with Crippen LogP contribution in [-0.4, -0.2) is 20.6 Å². The van der Waals surface area contributed by atoms with Crippen molar-refractivity contribution in [2.45, 2.75) is 33.0 Å². The van der Waals surface area contributed by atoms with E-state index in [1.807, 2.05) is 38.1 Å². The quantitative estimate of drug-likeness (QED) is 0.397. The molecule has 1 unspecified atom stereocenters. The monoisotopic (exact) mass is 488 g/mol. The summed E-state index contributed by atoms with van der Waals surface area (Å²) in [5.74, 6) is -0.465. The van der Waals surface area contributed by atoms with Crippen molar-refractivity contribution >= 4 is 40.1 Å². The summed E-state index contributed by atoms with van der Waals surface area (Å²) in [5, 5.41) is 13.8. The van der Waals surface area contributed by atoms with Gasteiger partial charge in [0.05, 0.1) is 22.5 Å². The van der Waals surface area contributed by atoms with Gasteiger partial charge in [-0.3, -0.25) is 9.36 Å². The minimum Gasteiger partial charge on any atom is -0.478 e. The zero-order valence-corrected chi connectivity index (χ0v) is 20.4. The number of aromatic nitrogens is 2. The van der Waals surface area contributed by atoms with Crippen LogP contribution in [-0.2, 0) is 20.1 Å². The lowest BCUT2D eigenvalue weighted by Crippen LogP contribution is -2.28. The molecule has 5 rings (SSSR count). The van der Waals surface area contributed by atoms with Crippen LogP contribution in [0.2, 0.25) is 5.02 Å². The molecule has 1 atom stereocenters. The van der Waals surface area contributed by atoms with E-state index < -0.39 is 5.97 Å². The Morgan fingerprint density at radius 3 is 2.46 bits per heavy atom. The van der Waals surface area contributed by atoms with Gasteiger partial charge in [-0.1, -0.05) is 41.9 Å². The van der Waals surface area contributed by atoms with Crippen molar-refractivity contribution in [2.24, 2.45) is 7.05 Å². The second-order valence-corrected chi connectivity index (χ2v) is 9.45. The van der Waals surface area contributed by atoms with Gasteiger partial charge in [0.1, 0.15) is 0 Å².